The van der Waals surface area contributed by atoms with Gasteiger partial charge in [0.25, 0.3) is 5.69 Å². The molecule has 2 heterocycles. The van der Waals surface area contributed by atoms with Crippen molar-refractivity contribution in [3.8, 4) is 33.9 Å². The second-order valence-corrected chi connectivity index (χ2v) is 6.79. The summed E-state index contributed by atoms with van der Waals surface area (Å²) >= 11 is 12.4. The van der Waals surface area contributed by atoms with E-state index in [9.17, 15) is 10.1 Å². The second kappa shape index (κ2) is 7.42. The van der Waals surface area contributed by atoms with Gasteiger partial charge in [-0.3, -0.25) is 15.1 Å². The van der Waals surface area contributed by atoms with E-state index in [1.165, 1.54) is 12.1 Å². The van der Waals surface area contributed by atoms with Crippen LogP contribution in [0.25, 0.3) is 33.9 Å². The molecule has 138 valence electrons. The number of aromatic amines is 1. The predicted octanol–water partition coefficient (Wildman–Crippen LogP) is 6.02. The number of nitro groups is 1. The number of halogens is 2. The first-order valence-electron chi connectivity index (χ1n) is 8.24. The summed E-state index contributed by atoms with van der Waals surface area (Å²) in [5.74, 6) is 0.305. The van der Waals surface area contributed by atoms with Crippen LogP contribution in [0.3, 0.4) is 0 Å². The van der Waals surface area contributed by atoms with Gasteiger partial charge in [-0.15, -0.1) is 0 Å². The molecule has 6 nitrogen and oxygen atoms in total. The van der Waals surface area contributed by atoms with E-state index in [1.54, 1.807) is 30.6 Å². The van der Waals surface area contributed by atoms with Crippen molar-refractivity contribution < 1.29 is 4.92 Å². The lowest BCUT2D eigenvalue weighted by Gasteiger charge is -2.03. The largest absolute Gasteiger partial charge is 0.337 e. The third-order valence-corrected chi connectivity index (χ3v) is 4.75. The average Bonchev–Trinajstić information content (AvgIpc) is 3.13. The number of rotatable bonds is 4. The molecule has 0 amide bonds. The van der Waals surface area contributed by atoms with Crippen molar-refractivity contribution in [2.75, 3.05) is 0 Å². The maximum atomic E-state index is 11.5. The number of pyridine rings is 1. The van der Waals surface area contributed by atoms with Gasteiger partial charge in [0.1, 0.15) is 11.4 Å². The highest BCUT2D eigenvalue weighted by Gasteiger charge is 2.24. The van der Waals surface area contributed by atoms with Crippen molar-refractivity contribution >= 4 is 28.9 Å². The van der Waals surface area contributed by atoms with Crippen molar-refractivity contribution in [2.24, 2.45) is 0 Å². The Morgan fingerprint density at radius 3 is 2.43 bits per heavy atom. The van der Waals surface area contributed by atoms with Gasteiger partial charge in [-0.1, -0.05) is 41.4 Å². The Morgan fingerprint density at radius 1 is 0.964 bits per heavy atom. The molecule has 0 atom stereocenters. The number of nitrogens with zero attached hydrogens (tertiary/aromatic N) is 3. The van der Waals surface area contributed by atoms with Gasteiger partial charge in [-0.2, -0.15) is 0 Å². The molecule has 0 radical (unpaired) electrons. The number of imidazole rings is 1. The maximum Gasteiger partial charge on any atom is 0.281 e. The fourth-order valence-corrected chi connectivity index (χ4v) is 3.41. The quantitative estimate of drug-likeness (QED) is 0.329. The van der Waals surface area contributed by atoms with E-state index in [2.05, 4.69) is 15.0 Å². The molecule has 2 aromatic carbocycles. The number of nitro benzene ring substituents is 1. The molecule has 8 heteroatoms. The number of hydrogen-bond donors (Lipinski definition) is 1. The number of hydrogen-bond acceptors (Lipinski definition) is 4. The van der Waals surface area contributed by atoms with Crippen LogP contribution in [-0.2, 0) is 0 Å². The van der Waals surface area contributed by atoms with Crippen LogP contribution < -0.4 is 0 Å². The van der Waals surface area contributed by atoms with E-state index in [4.69, 9.17) is 23.2 Å². The first-order chi connectivity index (χ1) is 13.5. The summed E-state index contributed by atoms with van der Waals surface area (Å²) < 4.78 is 0. The highest BCUT2D eigenvalue weighted by Crippen LogP contribution is 2.39. The number of nitrogens with one attached hydrogen (secondary N) is 1. The van der Waals surface area contributed by atoms with Crippen LogP contribution in [0.15, 0.2) is 67.0 Å². The van der Waals surface area contributed by atoms with Gasteiger partial charge < -0.3 is 4.98 Å². The van der Waals surface area contributed by atoms with Crippen LogP contribution >= 0.6 is 23.2 Å². The van der Waals surface area contributed by atoms with Crippen LogP contribution in [0.4, 0.5) is 5.69 Å². The molecule has 0 aliphatic rings. The molecule has 0 aliphatic carbocycles. The number of H-pyrrole nitrogens is 1. The standard InChI is InChI=1S/C20H12Cl2N4O2/c21-14-4-1-3-13(11-14)19-18(12-7-9-23-10-8-12)24-20(25-19)17-15(22)5-2-6-16(17)26(27)28/h1-11H,(H,24,25). The first-order valence-corrected chi connectivity index (χ1v) is 9.00. The lowest BCUT2D eigenvalue weighted by molar-refractivity contribution is -0.384. The summed E-state index contributed by atoms with van der Waals surface area (Å²) in [7, 11) is 0. The summed E-state index contributed by atoms with van der Waals surface area (Å²) in [4.78, 5) is 22.9. The zero-order chi connectivity index (χ0) is 19.7. The molecule has 0 fully saturated rings. The Balaban J connectivity index is 1.99. The summed E-state index contributed by atoms with van der Waals surface area (Å²) in [5.41, 5.74) is 3.01. The van der Waals surface area contributed by atoms with Gasteiger partial charge in [0.2, 0.25) is 0 Å². The van der Waals surface area contributed by atoms with Gasteiger partial charge in [-0.25, -0.2) is 4.98 Å². The Hall–Kier alpha value is -3.22. The van der Waals surface area contributed by atoms with Gasteiger partial charge in [0.05, 0.1) is 21.3 Å². The van der Waals surface area contributed by atoms with Crippen LogP contribution in [-0.4, -0.2) is 19.9 Å². The first kappa shape index (κ1) is 18.2. The molecule has 4 rings (SSSR count). The van der Waals surface area contributed by atoms with Crippen LogP contribution in [0.5, 0.6) is 0 Å². The van der Waals surface area contributed by atoms with E-state index in [0.29, 0.717) is 22.2 Å². The maximum absolute atomic E-state index is 11.5. The molecular formula is C20H12Cl2N4O2. The molecule has 0 saturated heterocycles. The Labute approximate surface area is 170 Å². The van der Waals surface area contributed by atoms with Gasteiger partial charge in [0, 0.05) is 34.6 Å². The second-order valence-electron chi connectivity index (χ2n) is 5.95. The number of aromatic nitrogens is 3. The Bertz CT molecular complexity index is 1180. The van der Waals surface area contributed by atoms with E-state index >= 15 is 0 Å². The molecule has 0 saturated carbocycles. The van der Waals surface area contributed by atoms with Crippen LogP contribution in [0, 0.1) is 10.1 Å². The summed E-state index contributed by atoms with van der Waals surface area (Å²) in [6.45, 7) is 0. The zero-order valence-corrected chi connectivity index (χ0v) is 15.8. The van der Waals surface area contributed by atoms with Crippen molar-refractivity contribution in [1.82, 2.24) is 15.0 Å². The lowest BCUT2D eigenvalue weighted by atomic mass is 10.1. The van der Waals surface area contributed by atoms with E-state index < -0.39 is 4.92 Å². The van der Waals surface area contributed by atoms with E-state index in [0.717, 1.165) is 11.1 Å². The highest BCUT2D eigenvalue weighted by molar-refractivity contribution is 6.33. The van der Waals surface area contributed by atoms with Crippen molar-refractivity contribution in [2.45, 2.75) is 0 Å². The fraction of sp³-hybridized carbons (Fsp3) is 0. The Kier molecular flexibility index (Phi) is 4.81. The summed E-state index contributed by atoms with van der Waals surface area (Å²) in [6, 6.07) is 15.4. The summed E-state index contributed by atoms with van der Waals surface area (Å²) in [5, 5.41) is 12.3. The molecule has 4 aromatic rings. The van der Waals surface area contributed by atoms with Crippen molar-refractivity contribution in [3.63, 3.8) is 0 Å². The minimum absolute atomic E-state index is 0.125. The smallest absolute Gasteiger partial charge is 0.281 e. The van der Waals surface area contributed by atoms with Crippen LogP contribution in [0.2, 0.25) is 10.0 Å². The fourth-order valence-electron chi connectivity index (χ4n) is 2.96. The van der Waals surface area contributed by atoms with Gasteiger partial charge in [-0.05, 0) is 30.3 Å². The molecule has 0 bridgehead atoms. The number of benzene rings is 2. The molecule has 0 spiro atoms. The SMILES string of the molecule is O=[N+]([O-])c1cccc(Cl)c1-c1nc(-c2cccc(Cl)c2)c(-c2ccncc2)[nH]1. The van der Waals surface area contributed by atoms with E-state index in [1.807, 2.05) is 24.3 Å². The molecule has 2 aromatic heterocycles. The monoisotopic (exact) mass is 410 g/mol. The summed E-state index contributed by atoms with van der Waals surface area (Å²) in [6.07, 6.45) is 3.32. The van der Waals surface area contributed by atoms with Crippen molar-refractivity contribution in [3.05, 3.63) is 87.2 Å². The van der Waals surface area contributed by atoms with E-state index in [-0.39, 0.29) is 16.3 Å². The minimum atomic E-state index is -0.477. The molecule has 0 aliphatic heterocycles. The third-order valence-electron chi connectivity index (χ3n) is 4.20. The predicted molar refractivity (Wildman–Crippen MR) is 109 cm³/mol. The van der Waals surface area contributed by atoms with Gasteiger partial charge >= 0.3 is 0 Å². The van der Waals surface area contributed by atoms with Crippen molar-refractivity contribution in [1.29, 1.82) is 0 Å². The van der Waals surface area contributed by atoms with Gasteiger partial charge in [0.15, 0.2) is 0 Å². The molecule has 28 heavy (non-hydrogen) atoms. The third kappa shape index (κ3) is 3.35. The van der Waals surface area contributed by atoms with Crippen LogP contribution in [0.1, 0.15) is 0 Å². The average molecular weight is 411 g/mol. The zero-order valence-electron chi connectivity index (χ0n) is 14.3. The Morgan fingerprint density at radius 2 is 1.71 bits per heavy atom. The topological polar surface area (TPSA) is 84.7 Å². The molecule has 1 N–H and O–H groups in total. The lowest BCUT2D eigenvalue weighted by Crippen LogP contribution is -1.94. The molecule has 0 unspecified atom stereocenters. The minimum Gasteiger partial charge on any atom is -0.337 e. The molecular weight excluding hydrogens is 399 g/mol. The normalized spacial score (nSPS) is 10.8. The highest BCUT2D eigenvalue weighted by atomic mass is 35.5.